The summed E-state index contributed by atoms with van der Waals surface area (Å²) in [5, 5.41) is 3.12. The molecular weight excluding hydrogens is 210 g/mol. The number of rotatable bonds is 4. The van der Waals surface area contributed by atoms with Gasteiger partial charge in [0.25, 0.3) is 0 Å². The molecule has 1 fully saturated rings. The molecule has 4 atom stereocenters. The highest BCUT2D eigenvalue weighted by atomic mass is 16.1. The monoisotopic (exact) mass is 237 g/mol. The molecule has 1 amide bonds. The van der Waals surface area contributed by atoms with Crippen LogP contribution in [-0.4, -0.2) is 11.9 Å². The first-order valence-electron chi connectivity index (χ1n) is 6.91. The summed E-state index contributed by atoms with van der Waals surface area (Å²) >= 11 is 0. The van der Waals surface area contributed by atoms with Gasteiger partial charge in [-0.15, -0.1) is 0 Å². The van der Waals surface area contributed by atoms with E-state index in [1.807, 2.05) is 0 Å². The van der Waals surface area contributed by atoms with E-state index < -0.39 is 0 Å². The molecule has 1 N–H and O–H groups in total. The molecule has 98 valence electrons. The van der Waals surface area contributed by atoms with Crippen LogP contribution in [0.15, 0.2) is 12.2 Å². The molecule has 2 nitrogen and oxygen atoms in total. The lowest BCUT2D eigenvalue weighted by atomic mass is 9.71. The van der Waals surface area contributed by atoms with E-state index in [0.717, 1.165) is 19.3 Å². The molecule has 0 heterocycles. The molecule has 1 saturated carbocycles. The maximum Gasteiger partial charge on any atom is 0.223 e. The maximum absolute atomic E-state index is 12.3. The van der Waals surface area contributed by atoms with Crippen molar-refractivity contribution in [2.45, 2.75) is 59.4 Å². The van der Waals surface area contributed by atoms with Gasteiger partial charge in [0.2, 0.25) is 5.91 Å². The van der Waals surface area contributed by atoms with E-state index >= 15 is 0 Å². The third kappa shape index (κ3) is 3.86. The smallest absolute Gasteiger partial charge is 0.223 e. The van der Waals surface area contributed by atoms with Crippen molar-refractivity contribution >= 4 is 5.91 Å². The Balaban J connectivity index is 2.68. The van der Waals surface area contributed by atoms with Crippen molar-refractivity contribution in [3.8, 4) is 0 Å². The third-order valence-electron chi connectivity index (χ3n) is 4.08. The van der Waals surface area contributed by atoms with Crippen molar-refractivity contribution in [3.05, 3.63) is 12.2 Å². The Hall–Kier alpha value is -0.790. The van der Waals surface area contributed by atoms with Gasteiger partial charge in [-0.1, -0.05) is 32.4 Å². The zero-order valence-corrected chi connectivity index (χ0v) is 11.8. The van der Waals surface area contributed by atoms with Gasteiger partial charge in [0.05, 0.1) is 0 Å². The van der Waals surface area contributed by atoms with Crippen LogP contribution in [0.1, 0.15) is 53.4 Å². The van der Waals surface area contributed by atoms with Gasteiger partial charge in [0.15, 0.2) is 0 Å². The van der Waals surface area contributed by atoms with Crippen molar-refractivity contribution in [3.63, 3.8) is 0 Å². The van der Waals surface area contributed by atoms with Crippen LogP contribution in [0.2, 0.25) is 0 Å². The maximum atomic E-state index is 12.3. The van der Waals surface area contributed by atoms with Gasteiger partial charge in [-0.2, -0.15) is 0 Å². The summed E-state index contributed by atoms with van der Waals surface area (Å²) in [6.07, 6.45) is 4.35. The Morgan fingerprint density at radius 1 is 1.41 bits per heavy atom. The Labute approximate surface area is 106 Å². The van der Waals surface area contributed by atoms with Crippen LogP contribution in [-0.2, 0) is 4.79 Å². The summed E-state index contributed by atoms with van der Waals surface area (Å²) in [7, 11) is 0. The van der Waals surface area contributed by atoms with Gasteiger partial charge in [0, 0.05) is 12.0 Å². The first-order chi connectivity index (χ1) is 7.95. The minimum atomic E-state index is 0.144. The predicted molar refractivity (Wildman–Crippen MR) is 72.7 cm³/mol. The van der Waals surface area contributed by atoms with E-state index in [9.17, 15) is 4.79 Å². The minimum Gasteiger partial charge on any atom is -0.353 e. The molecule has 1 aliphatic carbocycles. The van der Waals surface area contributed by atoms with E-state index in [0.29, 0.717) is 11.8 Å². The van der Waals surface area contributed by atoms with Crippen LogP contribution in [0.4, 0.5) is 0 Å². The lowest BCUT2D eigenvalue weighted by Gasteiger charge is -2.35. The molecular formula is C15H27NO. The number of nitrogens with one attached hydrogen (secondary N) is 1. The van der Waals surface area contributed by atoms with Gasteiger partial charge in [0.1, 0.15) is 0 Å². The molecule has 0 aromatic carbocycles. The second-order valence-electron chi connectivity index (χ2n) is 5.80. The summed E-state index contributed by atoms with van der Waals surface area (Å²) in [6, 6.07) is 0.283. The highest BCUT2D eigenvalue weighted by Gasteiger charge is 2.34. The average Bonchev–Trinajstić information content (AvgIpc) is 2.28. The topological polar surface area (TPSA) is 29.1 Å². The number of hydrogen-bond donors (Lipinski definition) is 1. The van der Waals surface area contributed by atoms with Crippen LogP contribution in [0.25, 0.3) is 0 Å². The van der Waals surface area contributed by atoms with Gasteiger partial charge in [-0.25, -0.2) is 0 Å². The molecule has 0 aromatic heterocycles. The van der Waals surface area contributed by atoms with Crippen LogP contribution >= 0.6 is 0 Å². The van der Waals surface area contributed by atoms with Crippen molar-refractivity contribution in [1.82, 2.24) is 5.32 Å². The number of carbonyl (C=O) groups is 1. The molecule has 0 aliphatic heterocycles. The fourth-order valence-electron chi connectivity index (χ4n) is 2.71. The average molecular weight is 237 g/mol. The largest absolute Gasteiger partial charge is 0.353 e. The van der Waals surface area contributed by atoms with Gasteiger partial charge in [-0.3, -0.25) is 4.79 Å². The molecule has 2 heteroatoms. The molecule has 0 aromatic rings. The molecule has 0 spiro atoms. The van der Waals surface area contributed by atoms with E-state index in [2.05, 4.69) is 39.6 Å². The first kappa shape index (κ1) is 14.3. The zero-order chi connectivity index (χ0) is 13.0. The Morgan fingerprint density at radius 3 is 2.59 bits per heavy atom. The lowest BCUT2D eigenvalue weighted by molar-refractivity contribution is -0.128. The summed E-state index contributed by atoms with van der Waals surface area (Å²) in [6.45, 7) is 12.5. The molecule has 0 radical (unpaired) electrons. The fraction of sp³-hybridized carbons (Fsp3) is 0.800. The zero-order valence-electron chi connectivity index (χ0n) is 11.8. The van der Waals surface area contributed by atoms with Crippen LogP contribution < -0.4 is 5.32 Å². The lowest BCUT2D eigenvalue weighted by Crippen LogP contribution is -2.42. The number of amides is 1. The van der Waals surface area contributed by atoms with Gasteiger partial charge < -0.3 is 5.32 Å². The third-order valence-corrected chi connectivity index (χ3v) is 4.08. The Kier molecular flexibility index (Phi) is 5.23. The SMILES string of the molecule is C=C(C)C1CCC(C)CC1C(=O)NC(C)CC. The first-order valence-corrected chi connectivity index (χ1v) is 6.91. The highest BCUT2D eigenvalue weighted by molar-refractivity contribution is 5.79. The molecule has 17 heavy (non-hydrogen) atoms. The minimum absolute atomic E-state index is 0.144. The molecule has 1 rings (SSSR count). The van der Waals surface area contributed by atoms with E-state index in [4.69, 9.17) is 0 Å². The summed E-state index contributed by atoms with van der Waals surface area (Å²) in [4.78, 5) is 12.3. The molecule has 0 saturated heterocycles. The second-order valence-corrected chi connectivity index (χ2v) is 5.80. The van der Waals surface area contributed by atoms with Crippen molar-refractivity contribution in [1.29, 1.82) is 0 Å². The number of hydrogen-bond acceptors (Lipinski definition) is 1. The summed E-state index contributed by atoms with van der Waals surface area (Å²) < 4.78 is 0. The van der Waals surface area contributed by atoms with Gasteiger partial charge >= 0.3 is 0 Å². The number of allylic oxidation sites excluding steroid dienone is 1. The van der Waals surface area contributed by atoms with E-state index in [1.165, 1.54) is 12.0 Å². The fourth-order valence-corrected chi connectivity index (χ4v) is 2.71. The number of carbonyl (C=O) groups excluding carboxylic acids is 1. The Bertz CT molecular complexity index is 285. The van der Waals surface area contributed by atoms with Crippen LogP contribution in [0.3, 0.4) is 0 Å². The second kappa shape index (κ2) is 6.23. The van der Waals surface area contributed by atoms with E-state index in [1.54, 1.807) is 0 Å². The summed E-state index contributed by atoms with van der Waals surface area (Å²) in [5.41, 5.74) is 1.17. The van der Waals surface area contributed by atoms with Crippen LogP contribution in [0.5, 0.6) is 0 Å². The molecule has 1 aliphatic rings. The highest BCUT2D eigenvalue weighted by Crippen LogP contribution is 2.37. The van der Waals surface area contributed by atoms with E-state index in [-0.39, 0.29) is 17.9 Å². The van der Waals surface area contributed by atoms with Crippen molar-refractivity contribution in [2.75, 3.05) is 0 Å². The summed E-state index contributed by atoms with van der Waals surface area (Å²) in [5.74, 6) is 1.43. The van der Waals surface area contributed by atoms with Gasteiger partial charge in [-0.05, 0) is 44.9 Å². The van der Waals surface area contributed by atoms with Crippen LogP contribution in [0, 0.1) is 17.8 Å². The molecule has 0 bridgehead atoms. The normalized spacial score (nSPS) is 30.7. The predicted octanol–water partition coefficient (Wildman–Crippen LogP) is 3.53. The standard InChI is InChI=1S/C15H27NO/c1-6-12(5)16-15(17)14-9-11(4)7-8-13(14)10(2)3/h11-14H,2,6-9H2,1,3-5H3,(H,16,17). The molecule has 4 unspecified atom stereocenters. The van der Waals surface area contributed by atoms with Crippen molar-refractivity contribution < 1.29 is 4.79 Å². The van der Waals surface area contributed by atoms with Crippen molar-refractivity contribution in [2.24, 2.45) is 17.8 Å². The quantitative estimate of drug-likeness (QED) is 0.745. The Morgan fingerprint density at radius 2 is 2.06 bits per heavy atom.